The van der Waals surface area contributed by atoms with Gasteiger partial charge in [-0.1, -0.05) is 61.0 Å². The highest BCUT2D eigenvalue weighted by Crippen LogP contribution is 2.37. The predicted molar refractivity (Wildman–Crippen MR) is 77.1 cm³/mol. The minimum Gasteiger partial charge on any atom is -0.389 e. The first kappa shape index (κ1) is 16.7. The first-order valence-corrected chi connectivity index (χ1v) is 6.98. The van der Waals surface area contributed by atoms with Crippen LogP contribution < -0.4 is 0 Å². The molecule has 0 saturated carbocycles. The maximum atomic E-state index is 10.00. The molecule has 0 aliphatic rings. The Morgan fingerprint density at radius 3 is 1.82 bits per heavy atom. The molecule has 0 fully saturated rings. The van der Waals surface area contributed by atoms with Crippen molar-refractivity contribution in [2.75, 3.05) is 0 Å². The smallest absolute Gasteiger partial charge is 0.0727 e. The van der Waals surface area contributed by atoms with Gasteiger partial charge in [0.05, 0.1) is 6.10 Å². The lowest BCUT2D eigenvalue weighted by Crippen LogP contribution is -2.26. The third-order valence-electron chi connectivity index (χ3n) is 4.69. The molecule has 0 saturated heterocycles. The topological polar surface area (TPSA) is 20.2 Å². The van der Waals surface area contributed by atoms with E-state index >= 15 is 0 Å². The number of allylic oxidation sites excluding steroid dienone is 1. The zero-order valence-electron chi connectivity index (χ0n) is 13.1. The monoisotopic (exact) mass is 240 g/mol. The minimum atomic E-state index is -0.347. The van der Waals surface area contributed by atoms with Crippen LogP contribution in [0.15, 0.2) is 11.6 Å². The molecule has 0 bridgehead atoms. The molecule has 102 valence electrons. The van der Waals surface area contributed by atoms with Gasteiger partial charge < -0.3 is 5.11 Å². The standard InChI is InChI=1S/C16H32O/c1-9-15(5,6)12(3)11-14(13(4)17)16(7,8)10-2/h11-13,17H,9-10H2,1-8H3/b14-11+/t12-,13+/m1/s1. The third kappa shape index (κ3) is 4.46. The fourth-order valence-electron chi connectivity index (χ4n) is 1.95. The SMILES string of the molecule is CCC(C)(C)/C(=C/[C@@H](C)C(C)(C)CC)[C@H](C)O. The molecule has 0 unspecified atom stereocenters. The molecule has 0 aliphatic carbocycles. The summed E-state index contributed by atoms with van der Waals surface area (Å²) in [7, 11) is 0. The van der Waals surface area contributed by atoms with Crippen LogP contribution in [0.2, 0.25) is 0 Å². The zero-order chi connectivity index (χ0) is 13.9. The summed E-state index contributed by atoms with van der Waals surface area (Å²) in [5.41, 5.74) is 1.57. The van der Waals surface area contributed by atoms with Crippen LogP contribution >= 0.6 is 0 Å². The normalized spacial score (nSPS) is 18.1. The van der Waals surface area contributed by atoms with E-state index < -0.39 is 0 Å². The summed E-state index contributed by atoms with van der Waals surface area (Å²) in [5.74, 6) is 0.489. The molecule has 1 nitrogen and oxygen atoms in total. The highest BCUT2D eigenvalue weighted by Gasteiger charge is 2.28. The summed E-state index contributed by atoms with van der Waals surface area (Å²) in [4.78, 5) is 0. The van der Waals surface area contributed by atoms with Crippen molar-refractivity contribution in [3.05, 3.63) is 11.6 Å². The Labute approximate surface area is 108 Å². The summed E-state index contributed by atoms with van der Waals surface area (Å²) in [6.07, 6.45) is 4.17. The first-order valence-electron chi connectivity index (χ1n) is 6.98. The third-order valence-corrected chi connectivity index (χ3v) is 4.69. The average Bonchev–Trinajstić information content (AvgIpc) is 2.24. The van der Waals surface area contributed by atoms with Crippen molar-refractivity contribution in [1.82, 2.24) is 0 Å². The Bertz CT molecular complexity index is 259. The molecular formula is C16H32O. The largest absolute Gasteiger partial charge is 0.389 e. The lowest BCUT2D eigenvalue weighted by atomic mass is 9.72. The van der Waals surface area contributed by atoms with Gasteiger partial charge in [-0.05, 0) is 35.7 Å². The summed E-state index contributed by atoms with van der Waals surface area (Å²) < 4.78 is 0. The van der Waals surface area contributed by atoms with Crippen LogP contribution in [0.3, 0.4) is 0 Å². The maximum Gasteiger partial charge on any atom is 0.0727 e. The summed E-state index contributed by atoms with van der Waals surface area (Å²) in [6, 6.07) is 0. The highest BCUT2D eigenvalue weighted by atomic mass is 16.3. The number of hydrogen-bond donors (Lipinski definition) is 1. The van der Waals surface area contributed by atoms with Gasteiger partial charge in [-0.3, -0.25) is 0 Å². The number of aliphatic hydroxyl groups is 1. The van der Waals surface area contributed by atoms with E-state index in [9.17, 15) is 5.11 Å². The molecule has 0 spiro atoms. The van der Waals surface area contributed by atoms with Crippen LogP contribution in [-0.4, -0.2) is 11.2 Å². The fraction of sp³-hybridized carbons (Fsp3) is 0.875. The van der Waals surface area contributed by atoms with Gasteiger partial charge in [-0.25, -0.2) is 0 Å². The van der Waals surface area contributed by atoms with Gasteiger partial charge in [0, 0.05) is 0 Å². The molecule has 0 aliphatic heterocycles. The molecule has 0 heterocycles. The minimum absolute atomic E-state index is 0.0895. The van der Waals surface area contributed by atoms with Gasteiger partial charge in [-0.2, -0.15) is 0 Å². The molecule has 2 atom stereocenters. The second-order valence-electron chi connectivity index (χ2n) is 6.67. The Hall–Kier alpha value is -0.300. The van der Waals surface area contributed by atoms with E-state index in [2.05, 4.69) is 54.5 Å². The van der Waals surface area contributed by atoms with Gasteiger partial charge in [0.15, 0.2) is 0 Å². The van der Waals surface area contributed by atoms with Crippen molar-refractivity contribution in [2.24, 2.45) is 16.7 Å². The van der Waals surface area contributed by atoms with Crippen LogP contribution in [0.25, 0.3) is 0 Å². The van der Waals surface area contributed by atoms with Crippen LogP contribution in [0.5, 0.6) is 0 Å². The van der Waals surface area contributed by atoms with Gasteiger partial charge in [0.2, 0.25) is 0 Å². The van der Waals surface area contributed by atoms with E-state index in [0.717, 1.165) is 12.8 Å². The molecule has 1 N–H and O–H groups in total. The lowest BCUT2D eigenvalue weighted by Gasteiger charge is -2.34. The fourth-order valence-corrected chi connectivity index (χ4v) is 1.95. The van der Waals surface area contributed by atoms with E-state index in [-0.39, 0.29) is 11.5 Å². The summed E-state index contributed by atoms with van der Waals surface area (Å²) in [6.45, 7) is 17.6. The molecular weight excluding hydrogens is 208 g/mol. The van der Waals surface area contributed by atoms with E-state index in [4.69, 9.17) is 0 Å². The van der Waals surface area contributed by atoms with Crippen molar-refractivity contribution in [3.8, 4) is 0 Å². The van der Waals surface area contributed by atoms with E-state index in [1.54, 1.807) is 0 Å². The molecule has 1 heteroatoms. The lowest BCUT2D eigenvalue weighted by molar-refractivity contribution is 0.189. The number of aliphatic hydroxyl groups excluding tert-OH is 1. The number of rotatable bonds is 6. The Morgan fingerprint density at radius 2 is 1.53 bits per heavy atom. The Morgan fingerprint density at radius 1 is 1.06 bits per heavy atom. The van der Waals surface area contributed by atoms with Gasteiger partial charge in [0.1, 0.15) is 0 Å². The van der Waals surface area contributed by atoms with Gasteiger partial charge in [0.25, 0.3) is 0 Å². The Kier molecular flexibility index (Phi) is 5.93. The zero-order valence-corrected chi connectivity index (χ0v) is 13.1. The second-order valence-corrected chi connectivity index (χ2v) is 6.67. The second kappa shape index (κ2) is 6.04. The average molecular weight is 240 g/mol. The predicted octanol–water partition coefficient (Wildman–Crippen LogP) is 4.80. The van der Waals surface area contributed by atoms with Crippen molar-refractivity contribution < 1.29 is 5.11 Å². The molecule has 0 amide bonds. The van der Waals surface area contributed by atoms with Crippen molar-refractivity contribution in [1.29, 1.82) is 0 Å². The maximum absolute atomic E-state index is 10.00. The quantitative estimate of drug-likeness (QED) is 0.661. The van der Waals surface area contributed by atoms with Gasteiger partial charge in [-0.15, -0.1) is 0 Å². The molecule has 0 rings (SSSR count). The van der Waals surface area contributed by atoms with Gasteiger partial charge >= 0.3 is 0 Å². The molecule has 0 aromatic carbocycles. The van der Waals surface area contributed by atoms with Crippen molar-refractivity contribution >= 4 is 0 Å². The van der Waals surface area contributed by atoms with E-state index in [1.165, 1.54) is 5.57 Å². The van der Waals surface area contributed by atoms with Crippen LogP contribution in [0.4, 0.5) is 0 Å². The van der Waals surface area contributed by atoms with E-state index in [0.29, 0.717) is 11.3 Å². The number of hydrogen-bond acceptors (Lipinski definition) is 1. The summed E-state index contributed by atoms with van der Waals surface area (Å²) in [5, 5.41) is 10.00. The van der Waals surface area contributed by atoms with Crippen LogP contribution in [0.1, 0.15) is 68.2 Å². The van der Waals surface area contributed by atoms with Crippen LogP contribution in [-0.2, 0) is 0 Å². The Balaban J connectivity index is 5.22. The highest BCUT2D eigenvalue weighted by molar-refractivity contribution is 5.18. The first-order chi connectivity index (χ1) is 7.58. The summed E-state index contributed by atoms with van der Waals surface area (Å²) >= 11 is 0. The molecule has 17 heavy (non-hydrogen) atoms. The van der Waals surface area contributed by atoms with Crippen LogP contribution in [0, 0.1) is 16.7 Å². The molecule has 0 radical (unpaired) electrons. The van der Waals surface area contributed by atoms with E-state index in [1.807, 2.05) is 6.92 Å². The molecule has 0 aromatic heterocycles. The van der Waals surface area contributed by atoms with Crippen molar-refractivity contribution in [3.63, 3.8) is 0 Å². The molecule has 0 aromatic rings. The van der Waals surface area contributed by atoms with Crippen molar-refractivity contribution in [2.45, 2.75) is 74.3 Å².